The molecule has 2 aliphatic heterocycles. The molecule has 2 fully saturated rings. The zero-order valence-corrected chi connectivity index (χ0v) is 14.7. The first kappa shape index (κ1) is 17.4. The van der Waals surface area contributed by atoms with Crippen LogP contribution in [0.25, 0.3) is 0 Å². The third-order valence-corrected chi connectivity index (χ3v) is 5.04. The molecule has 8 nitrogen and oxygen atoms in total. The summed E-state index contributed by atoms with van der Waals surface area (Å²) in [5, 5.41) is 0. The molecule has 0 unspecified atom stereocenters. The Morgan fingerprint density at radius 3 is 2.81 bits per heavy atom. The van der Waals surface area contributed by atoms with Crippen LogP contribution < -0.4 is 5.56 Å². The van der Waals surface area contributed by atoms with Crippen LogP contribution in [0.15, 0.2) is 47.7 Å². The summed E-state index contributed by atoms with van der Waals surface area (Å²) in [6.45, 7) is 1.48. The highest BCUT2D eigenvalue weighted by molar-refractivity contribution is 5.94. The molecule has 0 aliphatic carbocycles. The molecule has 0 radical (unpaired) electrons. The Morgan fingerprint density at radius 2 is 2.04 bits per heavy atom. The summed E-state index contributed by atoms with van der Waals surface area (Å²) < 4.78 is 5.85. The van der Waals surface area contributed by atoms with Gasteiger partial charge in [-0.3, -0.25) is 14.4 Å². The first-order valence-corrected chi connectivity index (χ1v) is 8.90. The van der Waals surface area contributed by atoms with E-state index in [4.69, 9.17) is 4.74 Å². The fraction of sp³-hybridized carbons (Fsp3) is 0.368. The topological polar surface area (TPSA) is 95.6 Å². The average molecular weight is 368 g/mol. The van der Waals surface area contributed by atoms with Crippen molar-refractivity contribution >= 4 is 11.8 Å². The number of hydrogen-bond donors (Lipinski definition) is 1. The lowest BCUT2D eigenvalue weighted by molar-refractivity contribution is -0.133. The minimum atomic E-state index is -0.472. The lowest BCUT2D eigenvalue weighted by Gasteiger charge is -2.29. The molecule has 2 aliphatic rings. The Bertz CT molecular complexity index is 898. The van der Waals surface area contributed by atoms with Gasteiger partial charge >= 0.3 is 0 Å². The quantitative estimate of drug-likeness (QED) is 0.847. The maximum atomic E-state index is 12.8. The van der Waals surface area contributed by atoms with Gasteiger partial charge in [-0.1, -0.05) is 30.3 Å². The van der Waals surface area contributed by atoms with E-state index < -0.39 is 11.5 Å². The number of aromatic nitrogens is 2. The molecule has 2 atom stereocenters. The second-order valence-corrected chi connectivity index (χ2v) is 6.74. The van der Waals surface area contributed by atoms with Crippen molar-refractivity contribution in [3.05, 3.63) is 64.3 Å². The molecule has 140 valence electrons. The van der Waals surface area contributed by atoms with E-state index in [0.717, 1.165) is 5.56 Å². The molecule has 2 amide bonds. The second kappa shape index (κ2) is 7.32. The molecule has 27 heavy (non-hydrogen) atoms. The summed E-state index contributed by atoms with van der Waals surface area (Å²) in [5.74, 6) is -0.381. The number of fused-ring (bicyclic) bond motifs is 1. The summed E-state index contributed by atoms with van der Waals surface area (Å²) in [7, 11) is 0. The van der Waals surface area contributed by atoms with Crippen molar-refractivity contribution in [2.24, 2.45) is 0 Å². The standard InChI is InChI=1S/C19H20N4O4/c24-17-6-7-27-16-11-22(19(26)14-8-20-12-21-18(14)25)10-15(16)23(17)9-13-4-2-1-3-5-13/h1-5,8,12,15-16H,6-7,9-11H2,(H,20,21,25)/t15-,16-/m0/s1. The van der Waals surface area contributed by atoms with Crippen molar-refractivity contribution in [2.75, 3.05) is 19.7 Å². The highest BCUT2D eigenvalue weighted by Crippen LogP contribution is 2.25. The van der Waals surface area contributed by atoms with Gasteiger partial charge in [0.05, 0.1) is 31.5 Å². The molecule has 3 heterocycles. The third kappa shape index (κ3) is 3.48. The van der Waals surface area contributed by atoms with E-state index >= 15 is 0 Å². The maximum absolute atomic E-state index is 12.8. The summed E-state index contributed by atoms with van der Waals surface area (Å²) in [6, 6.07) is 9.51. The van der Waals surface area contributed by atoms with Gasteiger partial charge in [-0.15, -0.1) is 0 Å². The van der Waals surface area contributed by atoms with Crippen molar-refractivity contribution < 1.29 is 14.3 Å². The molecule has 8 heteroatoms. The molecule has 1 N–H and O–H groups in total. The number of likely N-dealkylation sites (tertiary alicyclic amines) is 1. The summed E-state index contributed by atoms with van der Waals surface area (Å²) >= 11 is 0. The van der Waals surface area contributed by atoms with Gasteiger partial charge in [0.15, 0.2) is 0 Å². The number of aromatic amines is 1. The fourth-order valence-electron chi connectivity index (χ4n) is 3.66. The van der Waals surface area contributed by atoms with E-state index in [0.29, 0.717) is 32.7 Å². The summed E-state index contributed by atoms with van der Waals surface area (Å²) in [6.07, 6.45) is 2.58. The molecule has 1 aromatic heterocycles. The van der Waals surface area contributed by atoms with Gasteiger partial charge in [-0.25, -0.2) is 4.98 Å². The van der Waals surface area contributed by atoms with E-state index in [2.05, 4.69) is 9.97 Å². The molecular weight excluding hydrogens is 348 g/mol. The van der Waals surface area contributed by atoms with Gasteiger partial charge in [0.1, 0.15) is 5.56 Å². The summed E-state index contributed by atoms with van der Waals surface area (Å²) in [4.78, 5) is 46.9. The summed E-state index contributed by atoms with van der Waals surface area (Å²) in [5.41, 5.74) is 0.551. The molecule has 0 saturated carbocycles. The normalized spacial score (nSPS) is 22.4. The number of ether oxygens (including phenoxy) is 1. The molecule has 4 rings (SSSR count). The van der Waals surface area contributed by atoms with Crippen LogP contribution in [-0.4, -0.2) is 63.4 Å². The minimum Gasteiger partial charge on any atom is -0.374 e. The van der Waals surface area contributed by atoms with Crippen LogP contribution in [0, 0.1) is 0 Å². The number of carbonyl (C=O) groups excluding carboxylic acids is 2. The highest BCUT2D eigenvalue weighted by Gasteiger charge is 2.43. The van der Waals surface area contributed by atoms with Crippen molar-refractivity contribution in [3.63, 3.8) is 0 Å². The largest absolute Gasteiger partial charge is 0.374 e. The lowest BCUT2D eigenvalue weighted by atomic mass is 10.1. The van der Waals surface area contributed by atoms with E-state index in [1.54, 1.807) is 9.80 Å². The smallest absolute Gasteiger partial charge is 0.263 e. The Morgan fingerprint density at radius 1 is 1.22 bits per heavy atom. The first-order chi connectivity index (χ1) is 13.1. The number of carbonyl (C=O) groups is 2. The fourth-order valence-corrected chi connectivity index (χ4v) is 3.66. The highest BCUT2D eigenvalue weighted by atomic mass is 16.5. The number of amides is 2. The Kier molecular flexibility index (Phi) is 4.72. The van der Waals surface area contributed by atoms with Gasteiger partial charge in [0.2, 0.25) is 5.91 Å². The molecule has 0 bridgehead atoms. The predicted molar refractivity (Wildman–Crippen MR) is 95.9 cm³/mol. The van der Waals surface area contributed by atoms with E-state index in [1.807, 2.05) is 30.3 Å². The van der Waals surface area contributed by atoms with E-state index in [9.17, 15) is 14.4 Å². The number of nitrogens with zero attached hydrogens (tertiary/aromatic N) is 3. The zero-order valence-electron chi connectivity index (χ0n) is 14.7. The van der Waals surface area contributed by atoms with Gasteiger partial charge < -0.3 is 19.5 Å². The van der Waals surface area contributed by atoms with Crippen LogP contribution in [0.1, 0.15) is 22.3 Å². The molecule has 2 aromatic rings. The second-order valence-electron chi connectivity index (χ2n) is 6.74. The minimum absolute atomic E-state index is 0.00473. The Labute approximate surface area is 155 Å². The van der Waals surface area contributed by atoms with Crippen LogP contribution in [0.3, 0.4) is 0 Å². The van der Waals surface area contributed by atoms with Crippen LogP contribution in [0.5, 0.6) is 0 Å². The molecule has 2 saturated heterocycles. The number of H-pyrrole nitrogens is 1. The average Bonchev–Trinajstić information content (AvgIpc) is 3.04. The van der Waals surface area contributed by atoms with Crippen LogP contribution >= 0.6 is 0 Å². The number of rotatable bonds is 3. The van der Waals surface area contributed by atoms with Crippen LogP contribution in [0.4, 0.5) is 0 Å². The molecular formula is C19H20N4O4. The lowest BCUT2D eigenvalue weighted by Crippen LogP contribution is -2.45. The first-order valence-electron chi connectivity index (χ1n) is 8.90. The Hall–Kier alpha value is -3.00. The third-order valence-electron chi connectivity index (χ3n) is 5.04. The number of nitrogens with one attached hydrogen (secondary N) is 1. The van der Waals surface area contributed by atoms with Crippen molar-refractivity contribution in [1.82, 2.24) is 19.8 Å². The monoisotopic (exact) mass is 368 g/mol. The van der Waals surface area contributed by atoms with Crippen LogP contribution in [0.2, 0.25) is 0 Å². The number of benzene rings is 1. The zero-order chi connectivity index (χ0) is 18.8. The van der Waals surface area contributed by atoms with Gasteiger partial charge in [0, 0.05) is 25.8 Å². The van der Waals surface area contributed by atoms with E-state index in [1.165, 1.54) is 12.5 Å². The molecule has 0 spiro atoms. The van der Waals surface area contributed by atoms with Gasteiger partial charge in [-0.2, -0.15) is 0 Å². The van der Waals surface area contributed by atoms with Crippen LogP contribution in [-0.2, 0) is 16.1 Å². The van der Waals surface area contributed by atoms with Crippen molar-refractivity contribution in [1.29, 1.82) is 0 Å². The van der Waals surface area contributed by atoms with Crippen molar-refractivity contribution in [3.8, 4) is 0 Å². The van der Waals surface area contributed by atoms with Crippen molar-refractivity contribution in [2.45, 2.75) is 25.1 Å². The molecule has 1 aromatic carbocycles. The SMILES string of the molecule is O=C(c1cnc[nH]c1=O)N1C[C@@H]2OCCC(=O)N(Cc3ccccc3)[C@H]2C1. The maximum Gasteiger partial charge on any atom is 0.263 e. The predicted octanol–water partition coefficient (Wildman–Crippen LogP) is 0.412. The number of hydrogen-bond acceptors (Lipinski definition) is 5. The Balaban J connectivity index is 1.57. The van der Waals surface area contributed by atoms with E-state index in [-0.39, 0.29) is 23.6 Å². The van der Waals surface area contributed by atoms with Gasteiger partial charge in [0.25, 0.3) is 11.5 Å². The van der Waals surface area contributed by atoms with Gasteiger partial charge in [-0.05, 0) is 5.56 Å².